The number of hydrogen-bond donors (Lipinski definition) is 2. The average molecular weight is 398 g/mol. The third-order valence-electron chi connectivity index (χ3n) is 5.39. The van der Waals surface area contributed by atoms with Crippen LogP contribution in [0.5, 0.6) is 5.75 Å². The minimum Gasteiger partial charge on any atom is -0.497 e. The number of carboxylic acid groups (broad SMARTS) is 1. The first-order valence-corrected chi connectivity index (χ1v) is 9.51. The van der Waals surface area contributed by atoms with E-state index in [-0.39, 0.29) is 6.42 Å². The number of carbonyl (C=O) groups excluding carboxylic acids is 1. The Kier molecular flexibility index (Phi) is 6.33. The Balaban J connectivity index is 1.85. The molecule has 1 fully saturated rings. The normalized spacial score (nSPS) is 19.5. The number of carbonyl (C=O) groups is 2. The Morgan fingerprint density at radius 2 is 1.97 bits per heavy atom. The topological polar surface area (TPSA) is 95.0 Å². The van der Waals surface area contributed by atoms with E-state index in [1.54, 1.807) is 20.4 Å². The van der Waals surface area contributed by atoms with E-state index < -0.39 is 11.8 Å². The van der Waals surface area contributed by atoms with Gasteiger partial charge in [-0.15, -0.1) is 0 Å². The van der Waals surface area contributed by atoms with Gasteiger partial charge in [-0.25, -0.2) is 9.78 Å². The highest BCUT2D eigenvalue weighted by atomic mass is 16.5. The lowest BCUT2D eigenvalue weighted by Crippen LogP contribution is -2.64. The van der Waals surface area contributed by atoms with E-state index in [2.05, 4.69) is 10.3 Å². The van der Waals surface area contributed by atoms with Crippen molar-refractivity contribution in [1.29, 1.82) is 0 Å². The van der Waals surface area contributed by atoms with E-state index in [0.29, 0.717) is 26.1 Å². The molecule has 1 amide bonds. The maximum Gasteiger partial charge on any atom is 0.408 e. The van der Waals surface area contributed by atoms with Crippen molar-refractivity contribution in [2.24, 2.45) is 0 Å². The van der Waals surface area contributed by atoms with E-state index >= 15 is 0 Å². The van der Waals surface area contributed by atoms with Crippen molar-refractivity contribution in [3.63, 3.8) is 0 Å². The molecule has 1 atom stereocenters. The first kappa shape index (κ1) is 20.6. The van der Waals surface area contributed by atoms with Gasteiger partial charge in [0.25, 0.3) is 0 Å². The van der Waals surface area contributed by atoms with Crippen LogP contribution in [0.25, 0.3) is 11.1 Å². The molecule has 2 aromatic rings. The molecule has 3 rings (SSSR count). The molecule has 0 spiro atoms. The van der Waals surface area contributed by atoms with Crippen molar-refractivity contribution in [3.05, 3.63) is 42.6 Å². The third-order valence-corrected chi connectivity index (χ3v) is 5.39. The van der Waals surface area contributed by atoms with Gasteiger partial charge in [-0.2, -0.15) is 0 Å². The number of rotatable bonds is 6. The van der Waals surface area contributed by atoms with E-state index in [1.807, 2.05) is 41.3 Å². The zero-order chi connectivity index (χ0) is 20.9. The second-order valence-electron chi connectivity index (χ2n) is 7.00. The minimum absolute atomic E-state index is 0.0657. The van der Waals surface area contributed by atoms with Crippen molar-refractivity contribution < 1.29 is 19.4 Å². The number of nitrogens with zero attached hydrogens (tertiary/aromatic N) is 3. The second kappa shape index (κ2) is 8.91. The van der Waals surface area contributed by atoms with Crippen LogP contribution in [0.1, 0.15) is 12.8 Å². The molecule has 1 aromatic heterocycles. The SMILES string of the molecule is CNC1(CC=O)CN(c2ccc(-c3ccc(OC)cc3)cn2)CCCN1C(=O)O. The largest absolute Gasteiger partial charge is 0.497 e. The molecule has 2 heterocycles. The Morgan fingerprint density at radius 3 is 2.52 bits per heavy atom. The summed E-state index contributed by atoms with van der Waals surface area (Å²) in [7, 11) is 3.32. The van der Waals surface area contributed by atoms with Crippen LogP contribution in [0.15, 0.2) is 42.6 Å². The molecule has 1 unspecified atom stereocenters. The monoisotopic (exact) mass is 398 g/mol. The zero-order valence-corrected chi connectivity index (χ0v) is 16.7. The molecule has 0 bridgehead atoms. The predicted octanol–water partition coefficient (Wildman–Crippen LogP) is 2.45. The summed E-state index contributed by atoms with van der Waals surface area (Å²) in [5, 5.41) is 12.7. The highest BCUT2D eigenvalue weighted by Gasteiger charge is 2.41. The lowest BCUT2D eigenvalue weighted by molar-refractivity contribution is -0.110. The van der Waals surface area contributed by atoms with Crippen LogP contribution < -0.4 is 15.0 Å². The van der Waals surface area contributed by atoms with Gasteiger partial charge in [-0.1, -0.05) is 12.1 Å². The fourth-order valence-electron chi connectivity index (χ4n) is 3.74. The summed E-state index contributed by atoms with van der Waals surface area (Å²) < 4.78 is 5.19. The summed E-state index contributed by atoms with van der Waals surface area (Å²) in [6.45, 7) is 1.34. The molecule has 0 aliphatic carbocycles. The Labute approximate surface area is 170 Å². The molecule has 8 nitrogen and oxygen atoms in total. The predicted molar refractivity (Wildman–Crippen MR) is 110 cm³/mol. The maximum atomic E-state index is 11.8. The van der Waals surface area contributed by atoms with Gasteiger partial charge in [0, 0.05) is 31.3 Å². The van der Waals surface area contributed by atoms with Gasteiger partial charge in [0.1, 0.15) is 23.5 Å². The first-order chi connectivity index (χ1) is 14.0. The summed E-state index contributed by atoms with van der Waals surface area (Å²) in [5.74, 6) is 1.55. The van der Waals surface area contributed by atoms with Crippen LogP contribution in [0.4, 0.5) is 10.6 Å². The van der Waals surface area contributed by atoms with Crippen LogP contribution in [-0.2, 0) is 4.79 Å². The smallest absolute Gasteiger partial charge is 0.408 e. The fraction of sp³-hybridized carbons (Fsp3) is 0.381. The quantitative estimate of drug-likeness (QED) is 0.722. The molecule has 0 saturated carbocycles. The number of methoxy groups -OCH3 is 1. The van der Waals surface area contributed by atoms with Gasteiger partial charge >= 0.3 is 6.09 Å². The molecule has 8 heteroatoms. The number of amides is 1. The van der Waals surface area contributed by atoms with Crippen LogP contribution in [0.2, 0.25) is 0 Å². The molecule has 2 N–H and O–H groups in total. The number of aromatic nitrogens is 1. The van der Waals surface area contributed by atoms with Gasteiger partial charge in [-0.3, -0.25) is 10.2 Å². The summed E-state index contributed by atoms with van der Waals surface area (Å²) in [5.41, 5.74) is 1.02. The van der Waals surface area contributed by atoms with E-state index in [4.69, 9.17) is 4.74 Å². The fourth-order valence-corrected chi connectivity index (χ4v) is 3.74. The van der Waals surface area contributed by atoms with E-state index in [0.717, 1.165) is 29.0 Å². The highest BCUT2D eigenvalue weighted by Crippen LogP contribution is 2.27. The van der Waals surface area contributed by atoms with Crippen LogP contribution in [0, 0.1) is 0 Å². The summed E-state index contributed by atoms with van der Waals surface area (Å²) in [6, 6.07) is 11.7. The molecule has 1 aromatic carbocycles. The summed E-state index contributed by atoms with van der Waals surface area (Å²) in [4.78, 5) is 31.0. The zero-order valence-electron chi connectivity index (χ0n) is 16.7. The Morgan fingerprint density at radius 1 is 1.24 bits per heavy atom. The number of anilines is 1. The number of hydrogen-bond acceptors (Lipinski definition) is 6. The Bertz CT molecular complexity index is 841. The lowest BCUT2D eigenvalue weighted by atomic mass is 10.0. The van der Waals surface area contributed by atoms with Crippen molar-refractivity contribution in [2.75, 3.05) is 38.7 Å². The molecule has 1 aliphatic rings. The van der Waals surface area contributed by atoms with Crippen molar-refractivity contribution in [1.82, 2.24) is 15.2 Å². The summed E-state index contributed by atoms with van der Waals surface area (Å²) >= 11 is 0. The van der Waals surface area contributed by atoms with Gasteiger partial charge in [0.05, 0.1) is 13.7 Å². The molecule has 29 heavy (non-hydrogen) atoms. The van der Waals surface area contributed by atoms with Gasteiger partial charge < -0.3 is 19.5 Å². The maximum absolute atomic E-state index is 11.8. The number of nitrogens with one attached hydrogen (secondary N) is 1. The number of pyridine rings is 1. The highest BCUT2D eigenvalue weighted by molar-refractivity contribution is 5.68. The van der Waals surface area contributed by atoms with Crippen molar-refractivity contribution >= 4 is 18.2 Å². The number of ether oxygens (including phenoxy) is 1. The van der Waals surface area contributed by atoms with E-state index in [9.17, 15) is 14.7 Å². The van der Waals surface area contributed by atoms with Crippen molar-refractivity contribution in [3.8, 4) is 16.9 Å². The van der Waals surface area contributed by atoms with Crippen LogP contribution in [-0.4, -0.2) is 66.8 Å². The van der Waals surface area contributed by atoms with Crippen molar-refractivity contribution in [2.45, 2.75) is 18.5 Å². The average Bonchev–Trinajstić information content (AvgIpc) is 2.94. The Hall–Kier alpha value is -3.13. The minimum atomic E-state index is -1.04. The van der Waals surface area contributed by atoms with Crippen LogP contribution >= 0.6 is 0 Å². The number of benzene rings is 1. The van der Waals surface area contributed by atoms with Gasteiger partial charge in [-0.05, 0) is 43.3 Å². The molecule has 154 valence electrons. The third kappa shape index (κ3) is 4.32. The molecular formula is C21H26N4O4. The number of likely N-dealkylation sites (N-methyl/N-ethyl adjacent to an activating group) is 1. The van der Waals surface area contributed by atoms with E-state index in [1.165, 1.54) is 4.90 Å². The first-order valence-electron chi connectivity index (χ1n) is 9.51. The number of aldehydes is 1. The molecule has 0 radical (unpaired) electrons. The van der Waals surface area contributed by atoms with Gasteiger partial charge in [0.2, 0.25) is 0 Å². The summed E-state index contributed by atoms with van der Waals surface area (Å²) in [6.07, 6.45) is 2.24. The van der Waals surface area contributed by atoms with Gasteiger partial charge in [0.15, 0.2) is 0 Å². The molecule has 1 aliphatic heterocycles. The lowest BCUT2D eigenvalue weighted by Gasteiger charge is -2.41. The molecule has 1 saturated heterocycles. The van der Waals surface area contributed by atoms with Crippen LogP contribution in [0.3, 0.4) is 0 Å². The second-order valence-corrected chi connectivity index (χ2v) is 7.00. The standard InChI is InChI=1S/C21H26N4O4/c1-22-21(10-13-26)15-24(11-3-12-25(21)20(27)28)19-9-6-17(14-23-19)16-4-7-18(29-2)8-5-16/h4-9,13-14,22H,3,10-12,15H2,1-2H3,(H,27,28). The molecular weight excluding hydrogens is 372 g/mol.